The highest BCUT2D eigenvalue weighted by atomic mass is 16.5. The van der Waals surface area contributed by atoms with E-state index in [1.54, 1.807) is 7.11 Å². The van der Waals surface area contributed by atoms with Gasteiger partial charge in [0.25, 0.3) is 0 Å². The first-order chi connectivity index (χ1) is 7.79. The maximum absolute atomic E-state index is 5.41. The summed E-state index contributed by atoms with van der Waals surface area (Å²) in [6.45, 7) is 6.29. The van der Waals surface area contributed by atoms with Gasteiger partial charge in [-0.05, 0) is 25.5 Å². The van der Waals surface area contributed by atoms with Crippen LogP contribution in [0.2, 0.25) is 0 Å². The number of hydrogen-bond acceptors (Lipinski definition) is 2. The van der Waals surface area contributed by atoms with Crippen molar-refractivity contribution in [1.82, 2.24) is 5.32 Å². The quantitative estimate of drug-likeness (QED) is 0.713. The van der Waals surface area contributed by atoms with Gasteiger partial charge < -0.3 is 10.1 Å². The molecule has 0 heterocycles. The molecular formula is C14H23NO. The van der Waals surface area contributed by atoms with Crippen molar-refractivity contribution in [2.75, 3.05) is 13.7 Å². The van der Waals surface area contributed by atoms with Gasteiger partial charge in [-0.15, -0.1) is 0 Å². The van der Waals surface area contributed by atoms with E-state index < -0.39 is 0 Å². The molecule has 0 saturated carbocycles. The Balaban J connectivity index is 2.44. The molecule has 1 N–H and O–H groups in total. The Morgan fingerprint density at radius 3 is 2.75 bits per heavy atom. The van der Waals surface area contributed by atoms with Gasteiger partial charge in [0, 0.05) is 12.1 Å². The van der Waals surface area contributed by atoms with Gasteiger partial charge in [0.15, 0.2) is 0 Å². The normalized spacial score (nSPS) is 10.4. The highest BCUT2D eigenvalue weighted by Gasteiger charge is 2.04. The van der Waals surface area contributed by atoms with E-state index in [1.165, 1.54) is 30.4 Å². The zero-order valence-electron chi connectivity index (χ0n) is 10.7. The molecule has 0 aliphatic rings. The number of benzene rings is 1. The van der Waals surface area contributed by atoms with E-state index in [2.05, 4.69) is 37.4 Å². The van der Waals surface area contributed by atoms with Crippen molar-refractivity contribution in [3.05, 3.63) is 29.3 Å². The van der Waals surface area contributed by atoms with Crippen LogP contribution in [0.5, 0.6) is 5.75 Å². The van der Waals surface area contributed by atoms with E-state index in [9.17, 15) is 0 Å². The van der Waals surface area contributed by atoms with E-state index in [1.807, 2.05) is 0 Å². The van der Waals surface area contributed by atoms with Crippen LogP contribution in [0.25, 0.3) is 0 Å². The van der Waals surface area contributed by atoms with Crippen LogP contribution in [-0.2, 0) is 6.54 Å². The summed E-state index contributed by atoms with van der Waals surface area (Å²) in [5.41, 5.74) is 2.45. The molecule has 1 aromatic rings. The van der Waals surface area contributed by atoms with E-state index in [0.717, 1.165) is 18.8 Å². The van der Waals surface area contributed by atoms with Crippen LogP contribution in [0, 0.1) is 6.92 Å². The Labute approximate surface area is 99.0 Å². The summed E-state index contributed by atoms with van der Waals surface area (Å²) in [6.07, 6.45) is 3.83. The number of para-hydroxylation sites is 1. The van der Waals surface area contributed by atoms with Crippen molar-refractivity contribution in [3.8, 4) is 5.75 Å². The smallest absolute Gasteiger partial charge is 0.126 e. The van der Waals surface area contributed by atoms with Gasteiger partial charge in [-0.2, -0.15) is 0 Å². The number of unbranched alkanes of at least 4 members (excludes halogenated alkanes) is 2. The van der Waals surface area contributed by atoms with Crippen molar-refractivity contribution in [2.24, 2.45) is 0 Å². The summed E-state index contributed by atoms with van der Waals surface area (Å²) in [5, 5.41) is 3.46. The predicted octanol–water partition coefficient (Wildman–Crippen LogP) is 3.28. The molecule has 0 atom stereocenters. The number of hydrogen-bond donors (Lipinski definition) is 1. The lowest BCUT2D eigenvalue weighted by Gasteiger charge is -2.11. The second-order valence-electron chi connectivity index (χ2n) is 4.15. The molecule has 0 amide bonds. The van der Waals surface area contributed by atoms with Crippen LogP contribution in [0.1, 0.15) is 37.3 Å². The number of nitrogens with one attached hydrogen (secondary N) is 1. The predicted molar refractivity (Wildman–Crippen MR) is 69.0 cm³/mol. The van der Waals surface area contributed by atoms with Crippen LogP contribution >= 0.6 is 0 Å². The average Bonchev–Trinajstić information content (AvgIpc) is 2.29. The Morgan fingerprint density at radius 1 is 1.25 bits per heavy atom. The van der Waals surface area contributed by atoms with Gasteiger partial charge in [0.05, 0.1) is 7.11 Å². The lowest BCUT2D eigenvalue weighted by molar-refractivity contribution is 0.404. The molecule has 0 bridgehead atoms. The molecule has 1 aromatic carbocycles. The molecule has 16 heavy (non-hydrogen) atoms. The molecule has 0 saturated heterocycles. The third-order valence-corrected chi connectivity index (χ3v) is 2.77. The largest absolute Gasteiger partial charge is 0.496 e. The summed E-state index contributed by atoms with van der Waals surface area (Å²) in [7, 11) is 1.74. The fraction of sp³-hybridized carbons (Fsp3) is 0.571. The number of ether oxygens (including phenoxy) is 1. The fourth-order valence-corrected chi connectivity index (χ4v) is 1.87. The zero-order chi connectivity index (χ0) is 11.8. The molecule has 0 fully saturated rings. The van der Waals surface area contributed by atoms with E-state index in [4.69, 9.17) is 4.74 Å². The first-order valence-electron chi connectivity index (χ1n) is 6.12. The van der Waals surface area contributed by atoms with E-state index in [-0.39, 0.29) is 0 Å². The summed E-state index contributed by atoms with van der Waals surface area (Å²) in [5.74, 6) is 1.02. The molecule has 2 nitrogen and oxygen atoms in total. The lowest BCUT2D eigenvalue weighted by Crippen LogP contribution is -2.15. The Hall–Kier alpha value is -1.02. The molecule has 0 spiro atoms. The van der Waals surface area contributed by atoms with Crippen LogP contribution < -0.4 is 10.1 Å². The summed E-state index contributed by atoms with van der Waals surface area (Å²) in [6, 6.07) is 6.29. The SMILES string of the molecule is CCCCCNCc1cccc(C)c1OC. The van der Waals surface area contributed by atoms with Crippen molar-refractivity contribution >= 4 is 0 Å². The second kappa shape index (κ2) is 7.29. The molecule has 0 radical (unpaired) electrons. The first kappa shape index (κ1) is 13.0. The standard InChI is InChI=1S/C14H23NO/c1-4-5-6-10-15-11-13-9-7-8-12(2)14(13)16-3/h7-9,15H,4-6,10-11H2,1-3H3. The van der Waals surface area contributed by atoms with Crippen molar-refractivity contribution in [1.29, 1.82) is 0 Å². The van der Waals surface area contributed by atoms with Crippen molar-refractivity contribution in [3.63, 3.8) is 0 Å². The molecule has 1 rings (SSSR count). The van der Waals surface area contributed by atoms with Gasteiger partial charge in [-0.3, -0.25) is 0 Å². The van der Waals surface area contributed by atoms with Crippen LogP contribution in [-0.4, -0.2) is 13.7 Å². The Morgan fingerprint density at radius 2 is 2.06 bits per heavy atom. The molecule has 0 unspecified atom stereocenters. The Kier molecular flexibility index (Phi) is 5.94. The maximum atomic E-state index is 5.41. The minimum atomic E-state index is 0.897. The third kappa shape index (κ3) is 3.86. The average molecular weight is 221 g/mol. The first-order valence-corrected chi connectivity index (χ1v) is 6.12. The van der Waals surface area contributed by atoms with Crippen molar-refractivity contribution in [2.45, 2.75) is 39.7 Å². The minimum Gasteiger partial charge on any atom is -0.496 e. The fourth-order valence-electron chi connectivity index (χ4n) is 1.87. The molecular weight excluding hydrogens is 198 g/mol. The van der Waals surface area contributed by atoms with E-state index in [0.29, 0.717) is 0 Å². The molecule has 0 aliphatic heterocycles. The monoisotopic (exact) mass is 221 g/mol. The number of methoxy groups -OCH3 is 1. The maximum Gasteiger partial charge on any atom is 0.126 e. The van der Waals surface area contributed by atoms with E-state index >= 15 is 0 Å². The second-order valence-corrected chi connectivity index (χ2v) is 4.15. The molecule has 0 aromatic heterocycles. The van der Waals surface area contributed by atoms with Gasteiger partial charge in [-0.1, -0.05) is 38.0 Å². The van der Waals surface area contributed by atoms with Crippen LogP contribution in [0.4, 0.5) is 0 Å². The lowest BCUT2D eigenvalue weighted by atomic mass is 10.1. The Bertz CT molecular complexity index is 310. The van der Waals surface area contributed by atoms with Crippen LogP contribution in [0.15, 0.2) is 18.2 Å². The molecule has 0 aliphatic carbocycles. The van der Waals surface area contributed by atoms with Gasteiger partial charge in [-0.25, -0.2) is 0 Å². The zero-order valence-corrected chi connectivity index (χ0v) is 10.7. The third-order valence-electron chi connectivity index (χ3n) is 2.77. The van der Waals surface area contributed by atoms with Gasteiger partial charge in [0.2, 0.25) is 0 Å². The highest BCUT2D eigenvalue weighted by molar-refractivity contribution is 5.40. The van der Waals surface area contributed by atoms with Crippen molar-refractivity contribution < 1.29 is 4.74 Å². The number of aryl methyl sites for hydroxylation is 1. The minimum absolute atomic E-state index is 0.897. The topological polar surface area (TPSA) is 21.3 Å². The number of rotatable bonds is 7. The summed E-state index contributed by atoms with van der Waals surface area (Å²) < 4.78 is 5.41. The molecule has 90 valence electrons. The van der Waals surface area contributed by atoms with Crippen LogP contribution in [0.3, 0.4) is 0 Å². The molecule has 2 heteroatoms. The summed E-state index contributed by atoms with van der Waals surface area (Å²) in [4.78, 5) is 0. The highest BCUT2D eigenvalue weighted by Crippen LogP contribution is 2.22. The van der Waals surface area contributed by atoms with Gasteiger partial charge in [0.1, 0.15) is 5.75 Å². The summed E-state index contributed by atoms with van der Waals surface area (Å²) >= 11 is 0. The van der Waals surface area contributed by atoms with Gasteiger partial charge >= 0.3 is 0 Å².